The largest absolute Gasteiger partial charge is 0.496 e. The molecule has 0 spiro atoms. The maximum Gasteiger partial charge on any atom is 0.313 e. The van der Waals surface area contributed by atoms with E-state index in [-0.39, 0.29) is 12.5 Å². The number of amides is 1. The molecule has 0 aliphatic carbocycles. The predicted molar refractivity (Wildman–Crippen MR) is 93.8 cm³/mol. The Bertz CT molecular complexity index is 828. The van der Waals surface area contributed by atoms with Gasteiger partial charge in [-0.25, -0.2) is 0 Å². The van der Waals surface area contributed by atoms with E-state index in [4.69, 9.17) is 4.74 Å². The van der Waals surface area contributed by atoms with Gasteiger partial charge in [0.15, 0.2) is 0 Å². The number of fused-ring (bicyclic) bond motifs is 1. The Kier molecular flexibility index (Phi) is 4.25. The van der Waals surface area contributed by atoms with Crippen LogP contribution in [0.15, 0.2) is 48.5 Å². The lowest BCUT2D eigenvalue weighted by molar-refractivity contribution is -0.142. The smallest absolute Gasteiger partial charge is 0.313 e. The van der Waals surface area contributed by atoms with Gasteiger partial charge in [-0.3, -0.25) is 9.59 Å². The average Bonchev–Trinajstić information content (AvgIpc) is 2.58. The van der Waals surface area contributed by atoms with Crippen LogP contribution in [-0.2, 0) is 11.3 Å². The summed E-state index contributed by atoms with van der Waals surface area (Å²) in [7, 11) is 1.58. The Hall–Kier alpha value is -2.82. The number of rotatable bonds is 4. The van der Waals surface area contributed by atoms with E-state index in [0.29, 0.717) is 16.9 Å². The van der Waals surface area contributed by atoms with Gasteiger partial charge >= 0.3 is 5.97 Å². The van der Waals surface area contributed by atoms with Crippen LogP contribution in [0.5, 0.6) is 5.75 Å². The number of aliphatic carboxylic acids is 1. The van der Waals surface area contributed by atoms with Crippen molar-refractivity contribution in [2.45, 2.75) is 31.8 Å². The molecule has 2 aromatic carbocycles. The van der Waals surface area contributed by atoms with Crippen molar-refractivity contribution in [3.05, 3.63) is 65.2 Å². The molecule has 1 amide bonds. The summed E-state index contributed by atoms with van der Waals surface area (Å²) in [5, 5.41) is 9.83. The molecule has 3 rings (SSSR count). The highest BCUT2D eigenvalue weighted by Crippen LogP contribution is 2.42. The second-order valence-electron chi connectivity index (χ2n) is 6.72. The van der Waals surface area contributed by atoms with Gasteiger partial charge in [-0.05, 0) is 31.5 Å². The molecule has 0 saturated heterocycles. The maximum absolute atomic E-state index is 13.1. The number of benzene rings is 2. The molecule has 2 aromatic rings. The summed E-state index contributed by atoms with van der Waals surface area (Å²) in [4.78, 5) is 26.7. The molecule has 0 radical (unpaired) electrons. The second kappa shape index (κ2) is 6.24. The van der Waals surface area contributed by atoms with Crippen LogP contribution in [0.4, 0.5) is 0 Å². The average molecular weight is 339 g/mol. The summed E-state index contributed by atoms with van der Waals surface area (Å²) in [5.41, 5.74) is 0.985. The number of carboxylic acids is 1. The summed E-state index contributed by atoms with van der Waals surface area (Å²) in [6.07, 6.45) is 0. The van der Waals surface area contributed by atoms with Crippen molar-refractivity contribution in [1.29, 1.82) is 0 Å². The van der Waals surface area contributed by atoms with Gasteiger partial charge in [-0.1, -0.05) is 36.4 Å². The molecule has 0 bridgehead atoms. The molecular formula is C20H21NO4. The van der Waals surface area contributed by atoms with E-state index in [1.54, 1.807) is 50.1 Å². The normalized spacial score (nSPS) is 18.6. The van der Waals surface area contributed by atoms with E-state index in [2.05, 4.69) is 0 Å². The van der Waals surface area contributed by atoms with Gasteiger partial charge in [-0.15, -0.1) is 0 Å². The third-order valence-corrected chi connectivity index (χ3v) is 4.92. The zero-order chi connectivity index (χ0) is 18.2. The number of para-hydroxylation sites is 1. The number of carbonyl (C=O) groups excluding carboxylic acids is 1. The van der Waals surface area contributed by atoms with Crippen LogP contribution in [0.25, 0.3) is 0 Å². The van der Waals surface area contributed by atoms with Crippen molar-refractivity contribution in [3.63, 3.8) is 0 Å². The molecule has 5 nitrogen and oxygen atoms in total. The van der Waals surface area contributed by atoms with Gasteiger partial charge in [0.1, 0.15) is 11.7 Å². The van der Waals surface area contributed by atoms with E-state index < -0.39 is 17.4 Å². The number of carbonyl (C=O) groups is 2. The Morgan fingerprint density at radius 2 is 1.80 bits per heavy atom. The van der Waals surface area contributed by atoms with Crippen LogP contribution in [0.1, 0.15) is 41.3 Å². The molecule has 25 heavy (non-hydrogen) atoms. The number of ether oxygens (including phenoxy) is 1. The van der Waals surface area contributed by atoms with Gasteiger partial charge in [0.2, 0.25) is 0 Å². The zero-order valence-corrected chi connectivity index (χ0v) is 14.5. The highest BCUT2D eigenvalue weighted by molar-refractivity contribution is 6.00. The lowest BCUT2D eigenvalue weighted by atomic mass is 9.74. The number of nitrogens with zero attached hydrogens (tertiary/aromatic N) is 1. The molecule has 0 saturated carbocycles. The SMILES string of the molecule is COc1ccccc1CN1C(=O)c2ccccc2C(C(=O)O)C1(C)C. The standard InChI is InChI=1S/C20H21NO4/c1-20(2)17(19(23)24)14-9-5-6-10-15(14)18(22)21(20)12-13-8-4-7-11-16(13)25-3/h4-11,17H,12H2,1-3H3,(H,23,24). The summed E-state index contributed by atoms with van der Waals surface area (Å²) in [5.74, 6) is -1.22. The molecular weight excluding hydrogens is 318 g/mol. The zero-order valence-electron chi connectivity index (χ0n) is 14.5. The Labute approximate surface area is 146 Å². The predicted octanol–water partition coefficient (Wildman–Crippen LogP) is 3.30. The molecule has 1 unspecified atom stereocenters. The first-order valence-electron chi connectivity index (χ1n) is 8.13. The number of methoxy groups -OCH3 is 1. The first-order valence-corrected chi connectivity index (χ1v) is 8.13. The van der Waals surface area contributed by atoms with E-state index in [1.807, 2.05) is 24.3 Å². The third-order valence-electron chi connectivity index (χ3n) is 4.92. The Morgan fingerprint density at radius 1 is 1.16 bits per heavy atom. The topological polar surface area (TPSA) is 66.8 Å². The highest BCUT2D eigenvalue weighted by Gasteiger charge is 2.49. The van der Waals surface area contributed by atoms with E-state index in [9.17, 15) is 14.7 Å². The molecule has 1 N–H and O–H groups in total. The quantitative estimate of drug-likeness (QED) is 0.928. The van der Waals surface area contributed by atoms with Crippen molar-refractivity contribution in [2.75, 3.05) is 7.11 Å². The first-order chi connectivity index (χ1) is 11.9. The summed E-state index contributed by atoms with van der Waals surface area (Å²) in [6.45, 7) is 3.89. The van der Waals surface area contributed by atoms with Crippen LogP contribution in [0.3, 0.4) is 0 Å². The fraction of sp³-hybridized carbons (Fsp3) is 0.300. The number of carboxylic acid groups (broad SMARTS) is 1. The van der Waals surface area contributed by atoms with Gasteiger partial charge in [-0.2, -0.15) is 0 Å². The van der Waals surface area contributed by atoms with Crippen molar-refractivity contribution >= 4 is 11.9 Å². The van der Waals surface area contributed by atoms with Crippen LogP contribution in [0.2, 0.25) is 0 Å². The van der Waals surface area contributed by atoms with Crippen molar-refractivity contribution < 1.29 is 19.4 Å². The third kappa shape index (κ3) is 2.76. The van der Waals surface area contributed by atoms with Crippen LogP contribution in [0, 0.1) is 0 Å². The molecule has 1 heterocycles. The van der Waals surface area contributed by atoms with Crippen LogP contribution in [-0.4, -0.2) is 34.5 Å². The lowest BCUT2D eigenvalue weighted by Crippen LogP contribution is -2.56. The molecule has 5 heteroatoms. The molecule has 0 fully saturated rings. The summed E-state index contributed by atoms with van der Waals surface area (Å²) < 4.78 is 5.38. The van der Waals surface area contributed by atoms with E-state index in [1.165, 1.54) is 0 Å². The van der Waals surface area contributed by atoms with Crippen molar-refractivity contribution in [3.8, 4) is 5.75 Å². The van der Waals surface area contributed by atoms with Gasteiger partial charge in [0.05, 0.1) is 19.2 Å². The van der Waals surface area contributed by atoms with Crippen molar-refractivity contribution in [1.82, 2.24) is 4.90 Å². The Morgan fingerprint density at radius 3 is 2.48 bits per heavy atom. The summed E-state index contributed by atoms with van der Waals surface area (Å²) in [6, 6.07) is 14.4. The van der Waals surface area contributed by atoms with Gasteiger partial charge < -0.3 is 14.7 Å². The van der Waals surface area contributed by atoms with E-state index >= 15 is 0 Å². The molecule has 1 aliphatic heterocycles. The maximum atomic E-state index is 13.1. The number of hydrogen-bond acceptors (Lipinski definition) is 3. The Balaban J connectivity index is 2.10. The lowest BCUT2D eigenvalue weighted by Gasteiger charge is -2.47. The van der Waals surface area contributed by atoms with Gasteiger partial charge in [0.25, 0.3) is 5.91 Å². The highest BCUT2D eigenvalue weighted by atomic mass is 16.5. The second-order valence-corrected chi connectivity index (χ2v) is 6.72. The minimum atomic E-state index is -0.935. The van der Waals surface area contributed by atoms with E-state index in [0.717, 1.165) is 5.56 Å². The molecule has 1 atom stereocenters. The molecule has 0 aromatic heterocycles. The van der Waals surface area contributed by atoms with Gasteiger partial charge in [0, 0.05) is 11.1 Å². The minimum absolute atomic E-state index is 0.163. The fourth-order valence-electron chi connectivity index (χ4n) is 3.60. The first kappa shape index (κ1) is 17.0. The fourth-order valence-corrected chi connectivity index (χ4v) is 3.60. The minimum Gasteiger partial charge on any atom is -0.496 e. The molecule has 1 aliphatic rings. The van der Waals surface area contributed by atoms with Crippen molar-refractivity contribution in [2.24, 2.45) is 0 Å². The van der Waals surface area contributed by atoms with Crippen LogP contribution < -0.4 is 4.74 Å². The van der Waals surface area contributed by atoms with Crippen LogP contribution >= 0.6 is 0 Å². The monoisotopic (exact) mass is 339 g/mol. The summed E-state index contributed by atoms with van der Waals surface area (Å²) >= 11 is 0. The molecule has 130 valence electrons. The number of hydrogen-bond donors (Lipinski definition) is 1.